The smallest absolute Gasteiger partial charge is 0.268 e. The summed E-state index contributed by atoms with van der Waals surface area (Å²) in [5.74, 6) is 0.642. The summed E-state index contributed by atoms with van der Waals surface area (Å²) in [6, 6.07) is 15.2. The van der Waals surface area contributed by atoms with Crippen molar-refractivity contribution in [1.82, 2.24) is 0 Å². The second kappa shape index (κ2) is 6.87. The average Bonchev–Trinajstić information content (AvgIpc) is 2.60. The number of hydrogen-bond donors (Lipinski definition) is 0. The van der Waals surface area contributed by atoms with E-state index in [4.69, 9.17) is 4.74 Å². The second-order valence-corrected chi connectivity index (χ2v) is 6.03. The molecule has 2 aromatic carbocycles. The summed E-state index contributed by atoms with van der Waals surface area (Å²) >= 11 is 0. The molecule has 1 unspecified atom stereocenters. The lowest BCUT2D eigenvalue weighted by Crippen LogP contribution is -2.44. The van der Waals surface area contributed by atoms with Gasteiger partial charge in [0.25, 0.3) is 5.91 Å². The normalized spacial score (nSPS) is 16.5. The molecule has 0 saturated heterocycles. The number of rotatable bonds is 5. The van der Waals surface area contributed by atoms with Crippen LogP contribution in [0.1, 0.15) is 42.6 Å². The van der Waals surface area contributed by atoms with Gasteiger partial charge in [-0.2, -0.15) is 0 Å². The number of anilines is 1. The highest BCUT2D eigenvalue weighted by Gasteiger charge is 2.32. The van der Waals surface area contributed by atoms with E-state index >= 15 is 0 Å². The van der Waals surface area contributed by atoms with E-state index in [1.807, 2.05) is 37.3 Å². The van der Waals surface area contributed by atoms with Crippen molar-refractivity contribution < 1.29 is 14.3 Å². The van der Waals surface area contributed by atoms with Gasteiger partial charge in [0.15, 0.2) is 11.9 Å². The minimum absolute atomic E-state index is 0.0889. The van der Waals surface area contributed by atoms with Crippen molar-refractivity contribution in [2.75, 3.05) is 4.90 Å². The van der Waals surface area contributed by atoms with Gasteiger partial charge in [-0.15, -0.1) is 0 Å². The summed E-state index contributed by atoms with van der Waals surface area (Å²) < 4.78 is 5.70. The Hall–Kier alpha value is -2.62. The lowest BCUT2D eigenvalue weighted by Gasteiger charge is -2.33. The maximum atomic E-state index is 12.6. The summed E-state index contributed by atoms with van der Waals surface area (Å²) in [5, 5.41) is 0. The molecule has 0 spiro atoms. The number of fused-ring (bicyclic) bond motifs is 1. The van der Waals surface area contributed by atoms with Gasteiger partial charge in [0.05, 0.1) is 12.2 Å². The van der Waals surface area contributed by atoms with Crippen molar-refractivity contribution in [3.8, 4) is 5.75 Å². The van der Waals surface area contributed by atoms with E-state index in [2.05, 4.69) is 0 Å². The Morgan fingerprint density at radius 2 is 1.92 bits per heavy atom. The Morgan fingerprint density at radius 1 is 1.17 bits per heavy atom. The lowest BCUT2D eigenvalue weighted by atomic mass is 10.0. The van der Waals surface area contributed by atoms with E-state index in [0.717, 1.165) is 12.0 Å². The van der Waals surface area contributed by atoms with Gasteiger partial charge in [-0.3, -0.25) is 9.59 Å². The fourth-order valence-corrected chi connectivity index (χ4v) is 2.88. The Bertz CT molecular complexity index is 755. The van der Waals surface area contributed by atoms with Crippen LogP contribution in [0.3, 0.4) is 0 Å². The van der Waals surface area contributed by atoms with Crippen LogP contribution in [0, 0.1) is 0 Å². The first-order chi connectivity index (χ1) is 11.6. The maximum Gasteiger partial charge on any atom is 0.268 e. The van der Waals surface area contributed by atoms with E-state index in [1.54, 1.807) is 30.0 Å². The van der Waals surface area contributed by atoms with Crippen LogP contribution in [-0.4, -0.2) is 17.8 Å². The number of ketones is 1. The number of nitrogens with zero attached hydrogens (tertiary/aromatic N) is 1. The average molecular weight is 323 g/mol. The third kappa shape index (κ3) is 3.18. The van der Waals surface area contributed by atoms with E-state index in [1.165, 1.54) is 0 Å². The highest BCUT2D eigenvalue weighted by molar-refractivity contribution is 6.02. The molecule has 0 saturated carbocycles. The predicted molar refractivity (Wildman–Crippen MR) is 93.4 cm³/mol. The molecule has 1 heterocycles. The Balaban J connectivity index is 1.98. The van der Waals surface area contributed by atoms with Crippen molar-refractivity contribution in [2.45, 2.75) is 39.3 Å². The fourth-order valence-electron chi connectivity index (χ4n) is 2.88. The van der Waals surface area contributed by atoms with E-state index < -0.39 is 6.10 Å². The summed E-state index contributed by atoms with van der Waals surface area (Å²) in [5.41, 5.74) is 2.33. The Labute approximate surface area is 142 Å². The number of hydrogen-bond acceptors (Lipinski definition) is 3. The molecular formula is C20H21NO3. The molecular weight excluding hydrogens is 302 g/mol. The van der Waals surface area contributed by atoms with Crippen LogP contribution in [0.2, 0.25) is 0 Å². The molecule has 24 heavy (non-hydrogen) atoms. The Kier molecular flexibility index (Phi) is 4.65. The first-order valence-electron chi connectivity index (χ1n) is 8.29. The van der Waals surface area contributed by atoms with Crippen LogP contribution in [-0.2, 0) is 11.3 Å². The van der Waals surface area contributed by atoms with Gasteiger partial charge in [-0.05, 0) is 37.1 Å². The number of carbonyl (C=O) groups excluding carboxylic acids is 2. The fraction of sp³-hybridized carbons (Fsp3) is 0.300. The van der Waals surface area contributed by atoms with Crippen LogP contribution in [0.5, 0.6) is 5.75 Å². The van der Waals surface area contributed by atoms with E-state index in [0.29, 0.717) is 30.0 Å². The maximum absolute atomic E-state index is 12.6. The molecule has 0 bridgehead atoms. The van der Waals surface area contributed by atoms with Crippen molar-refractivity contribution in [2.24, 2.45) is 0 Å². The van der Waals surface area contributed by atoms with Crippen molar-refractivity contribution in [3.05, 3.63) is 59.7 Å². The lowest BCUT2D eigenvalue weighted by molar-refractivity contribution is -0.125. The first-order valence-corrected chi connectivity index (χ1v) is 8.29. The molecule has 0 aromatic heterocycles. The van der Waals surface area contributed by atoms with Gasteiger partial charge in [-0.25, -0.2) is 0 Å². The molecule has 1 atom stereocenters. The van der Waals surface area contributed by atoms with Crippen LogP contribution in [0.25, 0.3) is 0 Å². The van der Waals surface area contributed by atoms with Gasteiger partial charge in [-0.1, -0.05) is 37.3 Å². The molecule has 1 aliphatic heterocycles. The van der Waals surface area contributed by atoms with Crippen molar-refractivity contribution in [3.63, 3.8) is 0 Å². The zero-order valence-electron chi connectivity index (χ0n) is 14.0. The predicted octanol–water partition coefficient (Wildman–Crippen LogP) is 3.98. The topological polar surface area (TPSA) is 46.6 Å². The number of amides is 1. The van der Waals surface area contributed by atoms with E-state index in [-0.39, 0.29) is 11.7 Å². The quantitative estimate of drug-likeness (QED) is 0.782. The van der Waals surface area contributed by atoms with Crippen molar-refractivity contribution >= 4 is 17.4 Å². The van der Waals surface area contributed by atoms with Gasteiger partial charge in [0, 0.05) is 12.0 Å². The first kappa shape index (κ1) is 16.2. The van der Waals surface area contributed by atoms with Crippen LogP contribution in [0.4, 0.5) is 5.69 Å². The third-order valence-corrected chi connectivity index (χ3v) is 4.15. The standard InChI is InChI=1S/C20H21NO3/c1-3-7-18(22)16-10-11-19-17(12-16)21(20(23)14(2)24-19)13-15-8-5-4-6-9-15/h4-6,8-12,14H,3,7,13H2,1-2H3. The van der Waals surface area contributed by atoms with E-state index in [9.17, 15) is 9.59 Å². The number of benzene rings is 2. The van der Waals surface area contributed by atoms with Crippen LogP contribution >= 0.6 is 0 Å². The zero-order valence-corrected chi connectivity index (χ0v) is 14.0. The SMILES string of the molecule is CCCC(=O)c1ccc2c(c1)N(Cc1ccccc1)C(=O)C(C)O2. The molecule has 3 rings (SSSR count). The highest BCUT2D eigenvalue weighted by Crippen LogP contribution is 2.36. The molecule has 2 aromatic rings. The van der Waals surface area contributed by atoms with Gasteiger partial charge in [0.2, 0.25) is 0 Å². The molecule has 4 heteroatoms. The second-order valence-electron chi connectivity index (χ2n) is 6.03. The molecule has 1 aliphatic rings. The van der Waals surface area contributed by atoms with Gasteiger partial charge in [0.1, 0.15) is 5.75 Å². The molecule has 1 amide bonds. The molecule has 0 aliphatic carbocycles. The van der Waals surface area contributed by atoms with Crippen molar-refractivity contribution in [1.29, 1.82) is 0 Å². The number of Topliss-reactive ketones (excluding diaryl/α,β-unsaturated/α-hetero) is 1. The number of ether oxygens (including phenoxy) is 1. The molecule has 0 fully saturated rings. The molecule has 0 N–H and O–H groups in total. The van der Waals surface area contributed by atoms with Gasteiger partial charge >= 0.3 is 0 Å². The monoisotopic (exact) mass is 323 g/mol. The summed E-state index contributed by atoms with van der Waals surface area (Å²) in [6.07, 6.45) is 0.775. The minimum atomic E-state index is -0.529. The third-order valence-electron chi connectivity index (χ3n) is 4.15. The summed E-state index contributed by atoms with van der Waals surface area (Å²) in [4.78, 5) is 26.5. The minimum Gasteiger partial charge on any atom is -0.479 e. The molecule has 0 radical (unpaired) electrons. The summed E-state index contributed by atoms with van der Waals surface area (Å²) in [6.45, 7) is 4.19. The number of carbonyl (C=O) groups is 2. The molecule has 4 nitrogen and oxygen atoms in total. The largest absolute Gasteiger partial charge is 0.479 e. The van der Waals surface area contributed by atoms with Gasteiger partial charge < -0.3 is 9.64 Å². The zero-order chi connectivity index (χ0) is 17.1. The Morgan fingerprint density at radius 3 is 2.62 bits per heavy atom. The highest BCUT2D eigenvalue weighted by atomic mass is 16.5. The van der Waals surface area contributed by atoms with Crippen LogP contribution in [0.15, 0.2) is 48.5 Å². The van der Waals surface area contributed by atoms with Crippen LogP contribution < -0.4 is 9.64 Å². The summed E-state index contributed by atoms with van der Waals surface area (Å²) in [7, 11) is 0. The molecule has 124 valence electrons.